The minimum absolute atomic E-state index is 0.0928. The molecule has 1 atom stereocenters. The Kier molecular flexibility index (Phi) is 54.5. The van der Waals surface area contributed by atoms with E-state index in [1.54, 1.807) is 0 Å². The molecular formula is C65H104O6. The van der Waals surface area contributed by atoms with Crippen LogP contribution in [0.5, 0.6) is 0 Å². The van der Waals surface area contributed by atoms with Crippen LogP contribution in [-0.4, -0.2) is 37.2 Å². The van der Waals surface area contributed by atoms with Crippen molar-refractivity contribution in [3.05, 3.63) is 134 Å². The van der Waals surface area contributed by atoms with Gasteiger partial charge in [0.2, 0.25) is 0 Å². The first kappa shape index (κ1) is 66.6. The van der Waals surface area contributed by atoms with Crippen LogP contribution in [0.25, 0.3) is 0 Å². The van der Waals surface area contributed by atoms with Gasteiger partial charge in [-0.25, -0.2) is 0 Å². The van der Waals surface area contributed by atoms with E-state index >= 15 is 0 Å². The van der Waals surface area contributed by atoms with Crippen molar-refractivity contribution < 1.29 is 28.6 Å². The van der Waals surface area contributed by atoms with E-state index in [0.29, 0.717) is 19.3 Å². The molecule has 0 saturated heterocycles. The Morgan fingerprint density at radius 1 is 0.296 bits per heavy atom. The number of allylic oxidation sites excluding steroid dienone is 22. The third-order valence-electron chi connectivity index (χ3n) is 11.6. The lowest BCUT2D eigenvalue weighted by atomic mass is 10.1. The molecule has 0 aliphatic rings. The first-order valence-electron chi connectivity index (χ1n) is 28.7. The zero-order valence-electron chi connectivity index (χ0n) is 45.7. The predicted molar refractivity (Wildman–Crippen MR) is 306 cm³/mol. The molecule has 0 aliphatic carbocycles. The average molecular weight is 982 g/mol. The Morgan fingerprint density at radius 2 is 0.549 bits per heavy atom. The summed E-state index contributed by atoms with van der Waals surface area (Å²) in [7, 11) is 0. The van der Waals surface area contributed by atoms with Gasteiger partial charge in [-0.1, -0.05) is 231 Å². The van der Waals surface area contributed by atoms with E-state index in [1.165, 1.54) is 38.5 Å². The summed E-state index contributed by atoms with van der Waals surface area (Å²) in [5, 5.41) is 0. The lowest BCUT2D eigenvalue weighted by Gasteiger charge is -2.18. The van der Waals surface area contributed by atoms with Crippen molar-refractivity contribution in [3.8, 4) is 0 Å². The van der Waals surface area contributed by atoms with Crippen LogP contribution >= 0.6 is 0 Å². The number of esters is 3. The Hall–Kier alpha value is -4.45. The molecule has 0 fully saturated rings. The lowest BCUT2D eigenvalue weighted by Crippen LogP contribution is -2.30. The molecule has 0 amide bonds. The first-order chi connectivity index (χ1) is 35.0. The first-order valence-corrected chi connectivity index (χ1v) is 28.7. The largest absolute Gasteiger partial charge is 0.462 e. The van der Waals surface area contributed by atoms with E-state index in [0.717, 1.165) is 161 Å². The summed E-state index contributed by atoms with van der Waals surface area (Å²) < 4.78 is 16.6. The van der Waals surface area contributed by atoms with Crippen molar-refractivity contribution in [2.75, 3.05) is 13.2 Å². The number of hydrogen-bond acceptors (Lipinski definition) is 6. The summed E-state index contributed by atoms with van der Waals surface area (Å²) >= 11 is 0. The second-order valence-corrected chi connectivity index (χ2v) is 18.5. The van der Waals surface area contributed by atoms with Gasteiger partial charge in [-0.15, -0.1) is 0 Å². The molecule has 0 saturated carbocycles. The van der Waals surface area contributed by atoms with Crippen LogP contribution in [0.3, 0.4) is 0 Å². The molecule has 0 aromatic carbocycles. The van der Waals surface area contributed by atoms with E-state index in [9.17, 15) is 14.4 Å². The number of rotatable bonds is 50. The smallest absolute Gasteiger partial charge is 0.306 e. The quantitative estimate of drug-likeness (QED) is 0.0262. The third-order valence-corrected chi connectivity index (χ3v) is 11.6. The number of carbonyl (C=O) groups is 3. The molecule has 71 heavy (non-hydrogen) atoms. The van der Waals surface area contributed by atoms with Crippen LogP contribution < -0.4 is 0 Å². The van der Waals surface area contributed by atoms with Gasteiger partial charge in [0.1, 0.15) is 13.2 Å². The average Bonchev–Trinajstić information content (AvgIpc) is 3.37. The second-order valence-electron chi connectivity index (χ2n) is 18.5. The molecule has 0 rings (SSSR count). The third kappa shape index (κ3) is 56.3. The summed E-state index contributed by atoms with van der Waals surface area (Å²) in [6, 6.07) is 0. The highest BCUT2D eigenvalue weighted by atomic mass is 16.6. The summed E-state index contributed by atoms with van der Waals surface area (Å²) in [6.07, 6.45) is 82.1. The molecule has 0 aromatic rings. The van der Waals surface area contributed by atoms with E-state index in [4.69, 9.17) is 14.2 Å². The zero-order chi connectivity index (χ0) is 51.4. The van der Waals surface area contributed by atoms with Gasteiger partial charge in [-0.3, -0.25) is 14.4 Å². The fraction of sp³-hybridized carbons (Fsp3) is 0.615. The fourth-order valence-electron chi connectivity index (χ4n) is 7.35. The Bertz CT molecular complexity index is 1550. The molecule has 0 aromatic heterocycles. The van der Waals surface area contributed by atoms with Gasteiger partial charge >= 0.3 is 17.9 Å². The van der Waals surface area contributed by atoms with Crippen molar-refractivity contribution in [2.45, 2.75) is 245 Å². The van der Waals surface area contributed by atoms with Crippen molar-refractivity contribution in [1.29, 1.82) is 0 Å². The maximum absolute atomic E-state index is 12.7. The van der Waals surface area contributed by atoms with Crippen LogP contribution in [0, 0.1) is 0 Å². The van der Waals surface area contributed by atoms with E-state index < -0.39 is 6.10 Å². The van der Waals surface area contributed by atoms with Crippen molar-refractivity contribution in [3.63, 3.8) is 0 Å². The summed E-state index contributed by atoms with van der Waals surface area (Å²) in [5.41, 5.74) is 0. The highest BCUT2D eigenvalue weighted by molar-refractivity contribution is 5.71. The van der Waals surface area contributed by atoms with Crippen molar-refractivity contribution >= 4 is 17.9 Å². The molecule has 6 heteroatoms. The molecule has 400 valence electrons. The lowest BCUT2D eigenvalue weighted by molar-refractivity contribution is -0.167. The standard InChI is InChI=1S/C65H104O6/c1-4-7-10-13-15-17-19-21-22-23-24-25-26-27-28-29-30-31-32-33-34-35-36-37-38-39-40-41-42-44-45-47-49-52-55-58-64(67)70-61-62(60-69-63(66)57-54-51-12-9-6-3)71-65(68)59-56-53-50-48-46-43-20-18-16-14-11-8-5-2/h7,10,15,17-18,20-22,24-25,27-28,30-31,33-34,36-37,39-40,42,44,62H,4-6,8-9,11-14,16,19,23,26,29,32,35,38,41,43,45-61H2,1-3H3/b10-7-,17-15-,20-18-,22-21-,25-24-,28-27-,31-30-,34-33-,37-36-,40-39-,44-42-. The number of hydrogen-bond donors (Lipinski definition) is 0. The van der Waals surface area contributed by atoms with Crippen LogP contribution in [0.15, 0.2) is 134 Å². The molecule has 0 aliphatic heterocycles. The van der Waals surface area contributed by atoms with Crippen LogP contribution in [0.1, 0.15) is 239 Å². The normalized spacial score (nSPS) is 13.1. The van der Waals surface area contributed by atoms with Gasteiger partial charge < -0.3 is 14.2 Å². The molecule has 6 nitrogen and oxygen atoms in total. The molecule has 0 bridgehead atoms. The Balaban J connectivity index is 4.13. The number of carbonyl (C=O) groups excluding carboxylic acids is 3. The van der Waals surface area contributed by atoms with Crippen LogP contribution in [0.2, 0.25) is 0 Å². The van der Waals surface area contributed by atoms with Gasteiger partial charge in [-0.05, 0) is 122 Å². The molecule has 1 unspecified atom stereocenters. The topological polar surface area (TPSA) is 78.9 Å². The van der Waals surface area contributed by atoms with E-state index in [-0.39, 0.29) is 31.1 Å². The summed E-state index contributed by atoms with van der Waals surface area (Å²) in [5.74, 6) is -0.949. The van der Waals surface area contributed by atoms with Crippen molar-refractivity contribution in [1.82, 2.24) is 0 Å². The molecule has 0 heterocycles. The van der Waals surface area contributed by atoms with Gasteiger partial charge in [0.05, 0.1) is 0 Å². The molecular weight excluding hydrogens is 877 g/mol. The fourth-order valence-corrected chi connectivity index (χ4v) is 7.35. The molecule has 0 N–H and O–H groups in total. The van der Waals surface area contributed by atoms with Gasteiger partial charge in [0, 0.05) is 19.3 Å². The minimum atomic E-state index is -0.791. The molecule has 0 spiro atoms. The van der Waals surface area contributed by atoms with Crippen LogP contribution in [0.4, 0.5) is 0 Å². The highest BCUT2D eigenvalue weighted by Gasteiger charge is 2.19. The number of unbranched alkanes of at least 4 members (excludes halogenated alkanes) is 17. The monoisotopic (exact) mass is 981 g/mol. The van der Waals surface area contributed by atoms with Gasteiger partial charge in [-0.2, -0.15) is 0 Å². The minimum Gasteiger partial charge on any atom is -0.462 e. The summed E-state index contributed by atoms with van der Waals surface area (Å²) in [4.78, 5) is 37.7. The second kappa shape index (κ2) is 58.1. The summed E-state index contributed by atoms with van der Waals surface area (Å²) in [6.45, 7) is 6.38. The maximum atomic E-state index is 12.7. The van der Waals surface area contributed by atoms with Gasteiger partial charge in [0.15, 0.2) is 6.10 Å². The maximum Gasteiger partial charge on any atom is 0.306 e. The van der Waals surface area contributed by atoms with E-state index in [2.05, 4.69) is 154 Å². The Morgan fingerprint density at radius 3 is 0.887 bits per heavy atom. The van der Waals surface area contributed by atoms with Gasteiger partial charge in [0.25, 0.3) is 0 Å². The molecule has 0 radical (unpaired) electrons. The van der Waals surface area contributed by atoms with E-state index in [1.807, 2.05) is 0 Å². The van der Waals surface area contributed by atoms with Crippen molar-refractivity contribution in [2.24, 2.45) is 0 Å². The Labute approximate surface area is 436 Å². The zero-order valence-corrected chi connectivity index (χ0v) is 45.7. The number of ether oxygens (including phenoxy) is 3. The van der Waals surface area contributed by atoms with Crippen LogP contribution in [-0.2, 0) is 28.6 Å². The predicted octanol–water partition coefficient (Wildman–Crippen LogP) is 19.4. The SMILES string of the molecule is CC/C=C\C/C=C\C/C=C\C/C=C\C/C=C\C/C=C\C/C=C\C/C=C\C/C=C\C/C=C\CCCCCCC(=O)OCC(COC(=O)CCCCCCC)OC(=O)CCCCCCC/C=C\CCCCCC. The highest BCUT2D eigenvalue weighted by Crippen LogP contribution is 2.13.